The van der Waals surface area contributed by atoms with Crippen LogP contribution in [0.25, 0.3) is 10.9 Å². The summed E-state index contributed by atoms with van der Waals surface area (Å²) in [6.45, 7) is 1.17. The molecular weight excluding hydrogens is 450 g/mol. The molecule has 0 unspecified atom stereocenters. The monoisotopic (exact) mass is 479 g/mol. The Kier molecular flexibility index (Phi) is 6.58. The van der Waals surface area contributed by atoms with Crippen LogP contribution in [-0.4, -0.2) is 34.9 Å². The fraction of sp³-hybridized carbons (Fsp3) is 0.385. The number of nitrogens with one attached hydrogen (secondary N) is 2. The molecular formula is C26H29N3O4S. The van der Waals surface area contributed by atoms with Crippen molar-refractivity contribution in [2.24, 2.45) is 0 Å². The summed E-state index contributed by atoms with van der Waals surface area (Å²) in [5.41, 5.74) is 2.35. The van der Waals surface area contributed by atoms with Gasteiger partial charge in [-0.2, -0.15) is 0 Å². The average molecular weight is 480 g/mol. The van der Waals surface area contributed by atoms with Gasteiger partial charge in [-0.15, -0.1) is 0 Å². The summed E-state index contributed by atoms with van der Waals surface area (Å²) in [6.07, 6.45) is 5.95. The lowest BCUT2D eigenvalue weighted by atomic mass is 9.96. The minimum atomic E-state index is -0.117. The van der Waals surface area contributed by atoms with Gasteiger partial charge in [0.2, 0.25) is 6.79 Å². The number of fused-ring (bicyclic) bond motifs is 2. The van der Waals surface area contributed by atoms with Crippen LogP contribution in [0.5, 0.6) is 17.2 Å². The lowest BCUT2D eigenvalue weighted by Crippen LogP contribution is -2.45. The Morgan fingerprint density at radius 2 is 1.91 bits per heavy atom. The third kappa shape index (κ3) is 4.97. The number of hydrogen-bond acceptors (Lipinski definition) is 5. The van der Waals surface area contributed by atoms with E-state index in [0.29, 0.717) is 29.8 Å². The first-order valence-electron chi connectivity index (χ1n) is 11.7. The van der Waals surface area contributed by atoms with Gasteiger partial charge in [-0.3, -0.25) is 4.79 Å². The molecule has 5 rings (SSSR count). The zero-order valence-electron chi connectivity index (χ0n) is 19.3. The Bertz CT molecular complexity index is 1250. The number of benzene rings is 2. The highest BCUT2D eigenvalue weighted by Gasteiger charge is 2.20. The van der Waals surface area contributed by atoms with Gasteiger partial charge in [-0.05, 0) is 67.0 Å². The summed E-state index contributed by atoms with van der Waals surface area (Å²) in [5, 5.41) is 5.14. The van der Waals surface area contributed by atoms with E-state index in [1.165, 1.54) is 19.3 Å². The number of aromatic nitrogens is 1. The van der Waals surface area contributed by atoms with Gasteiger partial charge in [0.05, 0.1) is 13.7 Å². The van der Waals surface area contributed by atoms with Crippen LogP contribution in [0.15, 0.2) is 47.3 Å². The second-order valence-electron chi connectivity index (χ2n) is 8.90. The maximum atomic E-state index is 12.9. The molecule has 2 heterocycles. The van der Waals surface area contributed by atoms with Crippen molar-refractivity contribution >= 4 is 28.2 Å². The van der Waals surface area contributed by atoms with Crippen molar-refractivity contribution in [2.75, 3.05) is 13.9 Å². The first-order chi connectivity index (χ1) is 16.6. The highest BCUT2D eigenvalue weighted by molar-refractivity contribution is 7.80. The second kappa shape index (κ2) is 9.93. The van der Waals surface area contributed by atoms with E-state index in [0.717, 1.165) is 46.6 Å². The van der Waals surface area contributed by atoms with Gasteiger partial charge in [-0.1, -0.05) is 25.3 Å². The molecule has 2 aromatic carbocycles. The smallest absolute Gasteiger partial charge is 0.253 e. The molecule has 178 valence electrons. The predicted octanol–water partition coefficient (Wildman–Crippen LogP) is 4.47. The van der Waals surface area contributed by atoms with Gasteiger partial charge in [-0.25, -0.2) is 0 Å². The largest absolute Gasteiger partial charge is 0.497 e. The molecule has 34 heavy (non-hydrogen) atoms. The van der Waals surface area contributed by atoms with Crippen molar-refractivity contribution in [2.45, 2.75) is 51.2 Å². The van der Waals surface area contributed by atoms with Crippen molar-refractivity contribution in [3.63, 3.8) is 0 Å². The number of ether oxygens (including phenoxy) is 3. The number of pyridine rings is 1. The van der Waals surface area contributed by atoms with Crippen molar-refractivity contribution in [3.8, 4) is 17.2 Å². The molecule has 0 saturated heterocycles. The molecule has 0 spiro atoms. The number of methoxy groups -OCH3 is 1. The third-order valence-electron chi connectivity index (χ3n) is 6.52. The van der Waals surface area contributed by atoms with E-state index in [9.17, 15) is 4.79 Å². The lowest BCUT2D eigenvalue weighted by molar-refractivity contribution is 0.174. The molecule has 0 amide bonds. The molecule has 1 saturated carbocycles. The van der Waals surface area contributed by atoms with Crippen molar-refractivity contribution in [3.05, 3.63) is 63.9 Å². The predicted molar refractivity (Wildman–Crippen MR) is 136 cm³/mol. The van der Waals surface area contributed by atoms with E-state index in [1.807, 2.05) is 42.5 Å². The SMILES string of the molecule is COc1ccc2[nH]c(=O)c(CN(Cc3ccc4c(c3)OCO4)C(=S)NC3CCCCC3)cc2c1. The van der Waals surface area contributed by atoms with Gasteiger partial charge < -0.3 is 29.4 Å². The van der Waals surface area contributed by atoms with Crippen molar-refractivity contribution < 1.29 is 14.2 Å². The number of rotatable bonds is 6. The van der Waals surface area contributed by atoms with Crippen LogP contribution in [0.2, 0.25) is 0 Å². The van der Waals surface area contributed by atoms with Crippen LogP contribution < -0.4 is 25.1 Å². The second-order valence-corrected chi connectivity index (χ2v) is 9.29. The van der Waals surface area contributed by atoms with Crippen LogP contribution in [0, 0.1) is 0 Å². The summed E-state index contributed by atoms with van der Waals surface area (Å²) >= 11 is 5.86. The summed E-state index contributed by atoms with van der Waals surface area (Å²) in [6, 6.07) is 13.8. The number of hydrogen-bond donors (Lipinski definition) is 2. The molecule has 2 aliphatic rings. The van der Waals surface area contributed by atoms with Gasteiger partial charge in [0.1, 0.15) is 5.75 Å². The van der Waals surface area contributed by atoms with E-state index in [-0.39, 0.29) is 12.4 Å². The molecule has 1 aromatic heterocycles. The molecule has 7 nitrogen and oxygen atoms in total. The quantitative estimate of drug-likeness (QED) is 0.505. The topological polar surface area (TPSA) is 75.8 Å². The molecule has 2 N–H and O–H groups in total. The Morgan fingerprint density at radius 1 is 1.09 bits per heavy atom. The molecule has 1 fully saturated rings. The van der Waals surface area contributed by atoms with Gasteiger partial charge in [0, 0.05) is 29.1 Å². The summed E-state index contributed by atoms with van der Waals surface area (Å²) in [5.74, 6) is 2.23. The van der Waals surface area contributed by atoms with Crippen LogP contribution in [0.3, 0.4) is 0 Å². The summed E-state index contributed by atoms with van der Waals surface area (Å²) in [7, 11) is 1.64. The van der Waals surface area contributed by atoms with Crippen LogP contribution in [0.1, 0.15) is 43.2 Å². The number of nitrogens with zero attached hydrogens (tertiary/aromatic N) is 1. The van der Waals surface area contributed by atoms with E-state index in [2.05, 4.69) is 15.2 Å². The van der Waals surface area contributed by atoms with Crippen LogP contribution >= 0.6 is 12.2 Å². The standard InChI is InChI=1S/C26H29N3O4S/c1-31-21-8-9-22-18(13-21)12-19(25(30)28-22)15-29(26(34)27-20-5-3-2-4-6-20)14-17-7-10-23-24(11-17)33-16-32-23/h7-13,20H,2-6,14-16H2,1H3,(H,27,34)(H,28,30). The molecule has 1 aliphatic carbocycles. The first kappa shape index (κ1) is 22.5. The minimum Gasteiger partial charge on any atom is -0.497 e. The summed E-state index contributed by atoms with van der Waals surface area (Å²) in [4.78, 5) is 18.0. The Balaban J connectivity index is 1.42. The molecule has 3 aromatic rings. The van der Waals surface area contributed by atoms with Gasteiger partial charge in [0.15, 0.2) is 16.6 Å². The maximum absolute atomic E-state index is 12.9. The Hall–Kier alpha value is -3.26. The fourth-order valence-corrected chi connectivity index (χ4v) is 4.95. The number of aromatic amines is 1. The normalized spacial score (nSPS) is 15.3. The Labute approximate surface area is 204 Å². The molecule has 8 heteroatoms. The van der Waals surface area contributed by atoms with Crippen LogP contribution in [0.4, 0.5) is 0 Å². The Morgan fingerprint density at radius 3 is 2.74 bits per heavy atom. The van der Waals surface area contributed by atoms with E-state index >= 15 is 0 Å². The van der Waals surface area contributed by atoms with Gasteiger partial charge in [0.25, 0.3) is 5.56 Å². The highest BCUT2D eigenvalue weighted by Crippen LogP contribution is 2.33. The lowest BCUT2D eigenvalue weighted by Gasteiger charge is -2.31. The fourth-order valence-electron chi connectivity index (χ4n) is 4.65. The third-order valence-corrected chi connectivity index (χ3v) is 6.90. The zero-order valence-corrected chi connectivity index (χ0v) is 20.1. The van der Waals surface area contributed by atoms with E-state index in [4.69, 9.17) is 26.4 Å². The molecule has 0 radical (unpaired) electrons. The van der Waals surface area contributed by atoms with Gasteiger partial charge >= 0.3 is 0 Å². The molecule has 0 bridgehead atoms. The maximum Gasteiger partial charge on any atom is 0.253 e. The molecule has 0 atom stereocenters. The molecule has 1 aliphatic heterocycles. The zero-order chi connectivity index (χ0) is 23.5. The average Bonchev–Trinajstić information content (AvgIpc) is 3.32. The van der Waals surface area contributed by atoms with E-state index < -0.39 is 0 Å². The number of thiocarbonyl (C=S) groups is 1. The van der Waals surface area contributed by atoms with Crippen molar-refractivity contribution in [1.82, 2.24) is 15.2 Å². The number of H-pyrrole nitrogens is 1. The van der Waals surface area contributed by atoms with Crippen molar-refractivity contribution in [1.29, 1.82) is 0 Å². The van der Waals surface area contributed by atoms with E-state index in [1.54, 1.807) is 7.11 Å². The minimum absolute atomic E-state index is 0.117. The van der Waals surface area contributed by atoms with Crippen LogP contribution in [-0.2, 0) is 13.1 Å². The highest BCUT2D eigenvalue weighted by atomic mass is 32.1. The first-order valence-corrected chi connectivity index (χ1v) is 12.1. The summed E-state index contributed by atoms with van der Waals surface area (Å²) < 4.78 is 16.4.